The Kier molecular flexibility index (Phi) is 7.58. The normalized spacial score (nSPS) is 12.9. The summed E-state index contributed by atoms with van der Waals surface area (Å²) >= 11 is 3.96. The van der Waals surface area contributed by atoms with E-state index in [0.717, 1.165) is 38.6 Å². The summed E-state index contributed by atoms with van der Waals surface area (Å²) in [5.74, 6) is 0. The Morgan fingerprint density at radius 1 is 0.321 bits per heavy atom. The summed E-state index contributed by atoms with van der Waals surface area (Å²) in [6.07, 6.45) is 0. The molecule has 0 saturated heterocycles. The van der Waals surface area contributed by atoms with Crippen LogP contribution in [-0.2, 0) is 5.41 Å². The van der Waals surface area contributed by atoms with Gasteiger partial charge in [-0.1, -0.05) is 162 Å². The second-order valence-electron chi connectivity index (χ2n) is 14.6. The summed E-state index contributed by atoms with van der Waals surface area (Å²) in [7, 11) is 0. The van der Waals surface area contributed by atoms with E-state index in [9.17, 15) is 0 Å². The van der Waals surface area contributed by atoms with Gasteiger partial charge in [0.1, 0.15) is 0 Å². The molecule has 9 aromatic carbocycles. The Hall–Kier alpha value is -6.68. The molecule has 0 heterocycles. The average molecular weight is 780 g/mol. The van der Waals surface area contributed by atoms with Crippen molar-refractivity contribution in [3.8, 4) is 22.3 Å². The number of fused-ring (bicyclic) bond motifs is 12. The summed E-state index contributed by atoms with van der Waals surface area (Å²) in [5, 5.41) is 2.54. The molecule has 0 radical (unpaired) electrons. The summed E-state index contributed by atoms with van der Waals surface area (Å²) < 4.78 is 0.998. The largest absolute Gasteiger partial charge is 0.310 e. The molecule has 3 heteroatoms. The zero-order valence-corrected chi connectivity index (χ0v) is 32.1. The molecule has 0 saturated carbocycles. The maximum absolute atomic E-state index is 3.96. The standard InChI is InChI=1S/C53H35BrN2/c54-37-32-42(55(38-17-4-1-5-18-38)39-19-6-2-7-20-39)34-43(33-37)56(40-21-8-3-9-22-40)41-29-30-47-51(35-41)53(50-31-28-36-16-10-11-23-44(36)52(47)50)48-26-14-12-24-45(48)46-25-13-15-27-49(46)53/h1-35H. The maximum atomic E-state index is 3.96. The van der Waals surface area contributed by atoms with Crippen LogP contribution in [0.5, 0.6) is 0 Å². The predicted octanol–water partition coefficient (Wildman–Crippen LogP) is 14.9. The van der Waals surface area contributed by atoms with Gasteiger partial charge < -0.3 is 9.80 Å². The Labute approximate surface area is 335 Å². The van der Waals surface area contributed by atoms with Crippen molar-refractivity contribution in [1.82, 2.24) is 0 Å². The van der Waals surface area contributed by atoms with Gasteiger partial charge in [0.25, 0.3) is 0 Å². The summed E-state index contributed by atoms with van der Waals surface area (Å²) in [5.41, 5.74) is 16.6. The minimum atomic E-state index is -0.472. The van der Waals surface area contributed by atoms with Gasteiger partial charge in [0.2, 0.25) is 0 Å². The Morgan fingerprint density at radius 2 is 0.821 bits per heavy atom. The van der Waals surface area contributed by atoms with Crippen LogP contribution >= 0.6 is 15.9 Å². The fourth-order valence-corrected chi connectivity index (χ4v) is 9.95. The first-order valence-corrected chi connectivity index (χ1v) is 19.9. The predicted molar refractivity (Wildman–Crippen MR) is 237 cm³/mol. The van der Waals surface area contributed by atoms with Crippen LogP contribution in [0, 0.1) is 0 Å². The number of hydrogen-bond acceptors (Lipinski definition) is 2. The fourth-order valence-electron chi connectivity index (χ4n) is 9.48. The Bertz CT molecular complexity index is 2850. The monoisotopic (exact) mass is 778 g/mol. The molecule has 0 N–H and O–H groups in total. The van der Waals surface area contributed by atoms with E-state index in [-0.39, 0.29) is 0 Å². The number of rotatable bonds is 6. The van der Waals surface area contributed by atoms with E-state index in [1.807, 2.05) is 0 Å². The molecular weight excluding hydrogens is 745 g/mol. The van der Waals surface area contributed by atoms with Crippen LogP contribution in [0.1, 0.15) is 22.3 Å². The minimum Gasteiger partial charge on any atom is -0.310 e. The van der Waals surface area contributed by atoms with Crippen molar-refractivity contribution in [2.24, 2.45) is 0 Å². The van der Waals surface area contributed by atoms with Crippen LogP contribution < -0.4 is 9.80 Å². The molecule has 0 aromatic heterocycles. The van der Waals surface area contributed by atoms with E-state index in [4.69, 9.17) is 0 Å². The van der Waals surface area contributed by atoms with Crippen LogP contribution in [0.25, 0.3) is 33.0 Å². The molecule has 0 atom stereocenters. The van der Waals surface area contributed by atoms with Gasteiger partial charge in [0.05, 0.1) is 5.41 Å². The number of benzene rings is 9. The molecule has 264 valence electrons. The van der Waals surface area contributed by atoms with Gasteiger partial charge in [-0.25, -0.2) is 0 Å². The molecule has 11 rings (SSSR count). The zero-order chi connectivity index (χ0) is 37.2. The Balaban J connectivity index is 1.18. The van der Waals surface area contributed by atoms with E-state index in [1.54, 1.807) is 0 Å². The van der Waals surface area contributed by atoms with Gasteiger partial charge in [-0.2, -0.15) is 0 Å². The van der Waals surface area contributed by atoms with Gasteiger partial charge in [-0.15, -0.1) is 0 Å². The van der Waals surface area contributed by atoms with Crippen LogP contribution in [0.4, 0.5) is 34.1 Å². The molecule has 2 nitrogen and oxygen atoms in total. The lowest BCUT2D eigenvalue weighted by atomic mass is 9.70. The third kappa shape index (κ3) is 4.87. The zero-order valence-electron chi connectivity index (χ0n) is 30.5. The van der Waals surface area contributed by atoms with Gasteiger partial charge in [0, 0.05) is 38.6 Å². The Morgan fingerprint density at radius 3 is 1.41 bits per heavy atom. The maximum Gasteiger partial charge on any atom is 0.0726 e. The average Bonchev–Trinajstić information content (AvgIpc) is 3.72. The number of halogens is 1. The van der Waals surface area contributed by atoms with E-state index in [0.29, 0.717) is 0 Å². The van der Waals surface area contributed by atoms with Gasteiger partial charge in [-0.3, -0.25) is 0 Å². The molecule has 0 fully saturated rings. The van der Waals surface area contributed by atoms with Crippen molar-refractivity contribution in [3.05, 3.63) is 239 Å². The molecule has 2 aliphatic carbocycles. The molecule has 9 aromatic rings. The summed E-state index contributed by atoms with van der Waals surface area (Å²) in [4.78, 5) is 4.73. The molecule has 0 unspecified atom stereocenters. The van der Waals surface area contributed by atoms with Crippen LogP contribution in [0.15, 0.2) is 217 Å². The van der Waals surface area contributed by atoms with Gasteiger partial charge in [-0.05, 0) is 122 Å². The first kappa shape index (κ1) is 32.7. The van der Waals surface area contributed by atoms with Crippen molar-refractivity contribution in [3.63, 3.8) is 0 Å². The molecule has 1 spiro atoms. The highest BCUT2D eigenvalue weighted by molar-refractivity contribution is 9.10. The minimum absolute atomic E-state index is 0.472. The molecule has 0 aliphatic heterocycles. The second kappa shape index (κ2) is 13.0. The highest BCUT2D eigenvalue weighted by atomic mass is 79.9. The van der Waals surface area contributed by atoms with Crippen LogP contribution in [0.2, 0.25) is 0 Å². The van der Waals surface area contributed by atoms with Crippen molar-refractivity contribution >= 4 is 60.8 Å². The van der Waals surface area contributed by atoms with Crippen molar-refractivity contribution in [2.75, 3.05) is 9.80 Å². The lowest BCUT2D eigenvalue weighted by molar-refractivity contribution is 0.794. The second-order valence-corrected chi connectivity index (χ2v) is 15.5. The number of hydrogen-bond donors (Lipinski definition) is 0. The van der Waals surface area contributed by atoms with Crippen molar-refractivity contribution < 1.29 is 0 Å². The molecule has 56 heavy (non-hydrogen) atoms. The molecular formula is C53H35BrN2. The first-order chi connectivity index (χ1) is 27.7. The molecule has 0 bridgehead atoms. The van der Waals surface area contributed by atoms with Gasteiger partial charge in [0.15, 0.2) is 0 Å². The molecule has 2 aliphatic rings. The van der Waals surface area contributed by atoms with Crippen molar-refractivity contribution in [2.45, 2.75) is 5.41 Å². The third-order valence-corrected chi connectivity index (χ3v) is 12.1. The van der Waals surface area contributed by atoms with Crippen LogP contribution in [-0.4, -0.2) is 0 Å². The lowest BCUT2D eigenvalue weighted by Crippen LogP contribution is -2.26. The van der Waals surface area contributed by atoms with Crippen molar-refractivity contribution in [1.29, 1.82) is 0 Å². The number of para-hydroxylation sites is 3. The molecule has 0 amide bonds. The topological polar surface area (TPSA) is 6.48 Å². The number of nitrogens with zero attached hydrogens (tertiary/aromatic N) is 2. The highest BCUT2D eigenvalue weighted by Crippen LogP contribution is 2.64. The van der Waals surface area contributed by atoms with E-state index in [2.05, 4.69) is 238 Å². The van der Waals surface area contributed by atoms with Crippen LogP contribution in [0.3, 0.4) is 0 Å². The van der Waals surface area contributed by atoms with E-state index >= 15 is 0 Å². The first-order valence-electron chi connectivity index (χ1n) is 19.1. The highest BCUT2D eigenvalue weighted by Gasteiger charge is 2.52. The van der Waals surface area contributed by atoms with Gasteiger partial charge >= 0.3 is 0 Å². The number of anilines is 6. The smallest absolute Gasteiger partial charge is 0.0726 e. The SMILES string of the molecule is Brc1cc(N(c2ccccc2)c2ccccc2)cc(N(c2ccccc2)c2ccc3c(c2)C2(c4ccccc4-c4ccccc42)c2ccc4ccccc4c2-3)c1. The third-order valence-electron chi connectivity index (χ3n) is 11.6. The summed E-state index contributed by atoms with van der Waals surface area (Å²) in [6, 6.07) is 77.5. The quantitative estimate of drug-likeness (QED) is 0.166. The van der Waals surface area contributed by atoms with E-state index < -0.39 is 5.41 Å². The fraction of sp³-hybridized carbons (Fsp3) is 0.0189. The summed E-state index contributed by atoms with van der Waals surface area (Å²) in [6.45, 7) is 0. The lowest BCUT2D eigenvalue weighted by Gasteiger charge is -2.33. The van der Waals surface area contributed by atoms with E-state index in [1.165, 1.54) is 55.3 Å².